The largest absolute Gasteiger partial charge is 0.320 e. The van der Waals surface area contributed by atoms with Crippen LogP contribution in [-0.4, -0.2) is 14.8 Å². The Morgan fingerprint density at radius 1 is 1.47 bits per heavy atom. The van der Waals surface area contributed by atoms with Crippen molar-refractivity contribution in [3.05, 3.63) is 32.9 Å². The molecule has 17 heavy (non-hydrogen) atoms. The lowest BCUT2D eigenvalue weighted by Gasteiger charge is -2.44. The van der Waals surface area contributed by atoms with E-state index in [1.54, 1.807) is 6.33 Å². The summed E-state index contributed by atoms with van der Waals surface area (Å²) in [7, 11) is 2.03. The van der Waals surface area contributed by atoms with Crippen LogP contribution < -0.4 is 0 Å². The average molecular weight is 312 g/mol. The van der Waals surface area contributed by atoms with Crippen LogP contribution in [0.1, 0.15) is 30.5 Å². The summed E-state index contributed by atoms with van der Waals surface area (Å²) in [5.74, 6) is 1.87. The van der Waals surface area contributed by atoms with Gasteiger partial charge < -0.3 is 4.57 Å². The molecular formula is C12H14BrN3S. The lowest BCUT2D eigenvalue weighted by Crippen LogP contribution is -2.42. The summed E-state index contributed by atoms with van der Waals surface area (Å²) < 4.78 is 3.24. The SMILES string of the molecule is CC1CC(c2ccc(Br)s2)(c2nncn2C)C1. The van der Waals surface area contributed by atoms with E-state index in [1.807, 2.05) is 18.4 Å². The first kappa shape index (κ1) is 11.4. The third-order valence-electron chi connectivity index (χ3n) is 3.58. The molecule has 0 bridgehead atoms. The number of thiophene rings is 1. The van der Waals surface area contributed by atoms with Gasteiger partial charge in [0.1, 0.15) is 12.2 Å². The van der Waals surface area contributed by atoms with Crippen LogP contribution in [0, 0.1) is 5.92 Å². The topological polar surface area (TPSA) is 30.7 Å². The van der Waals surface area contributed by atoms with Gasteiger partial charge in [0.05, 0.1) is 9.20 Å². The van der Waals surface area contributed by atoms with Gasteiger partial charge in [-0.05, 0) is 46.8 Å². The minimum atomic E-state index is 0.0986. The van der Waals surface area contributed by atoms with Crippen LogP contribution in [0.3, 0.4) is 0 Å². The highest BCUT2D eigenvalue weighted by atomic mass is 79.9. The van der Waals surface area contributed by atoms with Gasteiger partial charge in [0.2, 0.25) is 0 Å². The van der Waals surface area contributed by atoms with E-state index in [-0.39, 0.29) is 5.41 Å². The third-order valence-corrected chi connectivity index (χ3v) is 5.41. The van der Waals surface area contributed by atoms with Crippen LogP contribution in [0.2, 0.25) is 0 Å². The summed E-state index contributed by atoms with van der Waals surface area (Å²) in [6.45, 7) is 2.30. The average Bonchev–Trinajstić information content (AvgIpc) is 2.83. The minimum absolute atomic E-state index is 0.0986. The van der Waals surface area contributed by atoms with E-state index >= 15 is 0 Å². The van der Waals surface area contributed by atoms with Crippen molar-refractivity contribution in [1.29, 1.82) is 0 Å². The maximum Gasteiger partial charge on any atom is 0.144 e. The van der Waals surface area contributed by atoms with Gasteiger partial charge in [0.25, 0.3) is 0 Å². The first-order valence-corrected chi connectivity index (χ1v) is 7.33. The van der Waals surface area contributed by atoms with Gasteiger partial charge in [0.15, 0.2) is 0 Å². The van der Waals surface area contributed by atoms with Crippen LogP contribution >= 0.6 is 27.3 Å². The van der Waals surface area contributed by atoms with Gasteiger partial charge >= 0.3 is 0 Å². The van der Waals surface area contributed by atoms with Crippen molar-refractivity contribution in [3.63, 3.8) is 0 Å². The molecule has 2 aromatic rings. The molecule has 0 saturated heterocycles. The van der Waals surface area contributed by atoms with Gasteiger partial charge in [-0.15, -0.1) is 21.5 Å². The van der Waals surface area contributed by atoms with E-state index in [2.05, 4.69) is 49.8 Å². The summed E-state index contributed by atoms with van der Waals surface area (Å²) in [5.41, 5.74) is 0.0986. The van der Waals surface area contributed by atoms with E-state index < -0.39 is 0 Å². The van der Waals surface area contributed by atoms with Gasteiger partial charge in [0, 0.05) is 11.9 Å². The predicted octanol–water partition coefficient (Wildman–Crippen LogP) is 3.36. The first-order chi connectivity index (χ1) is 8.12. The monoisotopic (exact) mass is 311 g/mol. The van der Waals surface area contributed by atoms with Crippen LogP contribution in [0.4, 0.5) is 0 Å². The molecule has 3 rings (SSSR count). The lowest BCUT2D eigenvalue weighted by atomic mass is 9.61. The van der Waals surface area contributed by atoms with Crippen molar-refractivity contribution in [2.24, 2.45) is 13.0 Å². The number of hydrogen-bond acceptors (Lipinski definition) is 3. The van der Waals surface area contributed by atoms with Crippen molar-refractivity contribution in [3.8, 4) is 0 Å². The van der Waals surface area contributed by atoms with Crippen molar-refractivity contribution in [2.75, 3.05) is 0 Å². The summed E-state index contributed by atoms with van der Waals surface area (Å²) in [6.07, 6.45) is 4.14. The fourth-order valence-electron chi connectivity index (χ4n) is 2.91. The maximum absolute atomic E-state index is 4.33. The van der Waals surface area contributed by atoms with E-state index in [1.165, 1.54) is 21.5 Å². The highest BCUT2D eigenvalue weighted by molar-refractivity contribution is 9.11. The quantitative estimate of drug-likeness (QED) is 0.851. The zero-order valence-corrected chi connectivity index (χ0v) is 12.3. The smallest absolute Gasteiger partial charge is 0.144 e. The van der Waals surface area contributed by atoms with E-state index in [0.717, 1.165) is 11.7 Å². The summed E-state index contributed by atoms with van der Waals surface area (Å²) in [6, 6.07) is 4.34. The summed E-state index contributed by atoms with van der Waals surface area (Å²) >= 11 is 5.37. The van der Waals surface area contributed by atoms with Gasteiger partial charge in [-0.25, -0.2) is 0 Å². The summed E-state index contributed by atoms with van der Waals surface area (Å²) in [5, 5.41) is 8.37. The molecule has 0 N–H and O–H groups in total. The second-order valence-electron chi connectivity index (χ2n) is 4.96. The van der Waals surface area contributed by atoms with Crippen LogP contribution in [0.25, 0.3) is 0 Å². The molecule has 2 heterocycles. The van der Waals surface area contributed by atoms with Gasteiger partial charge in [-0.3, -0.25) is 0 Å². The number of aromatic nitrogens is 3. The molecule has 3 nitrogen and oxygen atoms in total. The number of aryl methyl sites for hydroxylation is 1. The Morgan fingerprint density at radius 3 is 2.71 bits per heavy atom. The Labute approximate surface area is 113 Å². The molecular weight excluding hydrogens is 298 g/mol. The Kier molecular flexibility index (Phi) is 2.63. The van der Waals surface area contributed by atoms with E-state index in [9.17, 15) is 0 Å². The van der Waals surface area contributed by atoms with E-state index in [0.29, 0.717) is 0 Å². The molecule has 0 amide bonds. The lowest BCUT2D eigenvalue weighted by molar-refractivity contribution is 0.189. The molecule has 1 aliphatic carbocycles. The molecule has 1 saturated carbocycles. The first-order valence-electron chi connectivity index (χ1n) is 5.72. The van der Waals surface area contributed by atoms with Gasteiger partial charge in [-0.1, -0.05) is 6.92 Å². The van der Waals surface area contributed by atoms with Crippen LogP contribution in [0.5, 0.6) is 0 Å². The minimum Gasteiger partial charge on any atom is -0.320 e. The van der Waals surface area contributed by atoms with E-state index in [4.69, 9.17) is 0 Å². The molecule has 1 fully saturated rings. The number of rotatable bonds is 2. The zero-order valence-electron chi connectivity index (χ0n) is 9.85. The normalized spacial score (nSPS) is 28.1. The van der Waals surface area contributed by atoms with Crippen LogP contribution in [-0.2, 0) is 12.5 Å². The second-order valence-corrected chi connectivity index (χ2v) is 7.43. The molecule has 2 aromatic heterocycles. The Bertz CT molecular complexity index is 539. The standard InChI is InChI=1S/C12H14BrN3S/c1-8-5-12(6-8,9-3-4-10(13)17-9)11-15-14-7-16(11)2/h3-4,7-8H,5-6H2,1-2H3. The highest BCUT2D eigenvalue weighted by Crippen LogP contribution is 2.53. The fraction of sp³-hybridized carbons (Fsp3) is 0.500. The zero-order chi connectivity index (χ0) is 12.0. The number of halogens is 1. The van der Waals surface area contributed by atoms with Crippen molar-refractivity contribution < 1.29 is 0 Å². The molecule has 90 valence electrons. The maximum atomic E-state index is 4.33. The Morgan fingerprint density at radius 2 is 2.24 bits per heavy atom. The number of nitrogens with zero attached hydrogens (tertiary/aromatic N) is 3. The highest BCUT2D eigenvalue weighted by Gasteiger charge is 2.48. The predicted molar refractivity (Wildman–Crippen MR) is 72.2 cm³/mol. The molecule has 1 aliphatic rings. The molecule has 0 aliphatic heterocycles. The second kappa shape index (κ2) is 3.92. The molecule has 0 atom stereocenters. The van der Waals surface area contributed by atoms with Crippen LogP contribution in [0.15, 0.2) is 22.2 Å². The molecule has 0 unspecified atom stereocenters. The Balaban J connectivity index is 2.09. The molecule has 0 spiro atoms. The molecule has 0 aromatic carbocycles. The van der Waals surface area contributed by atoms with Crippen molar-refractivity contribution >= 4 is 27.3 Å². The third kappa shape index (κ3) is 1.67. The number of hydrogen-bond donors (Lipinski definition) is 0. The Hall–Kier alpha value is -0.680. The summed E-state index contributed by atoms with van der Waals surface area (Å²) in [4.78, 5) is 1.40. The van der Waals surface area contributed by atoms with Crippen molar-refractivity contribution in [1.82, 2.24) is 14.8 Å². The molecule has 5 heteroatoms. The van der Waals surface area contributed by atoms with Gasteiger partial charge in [-0.2, -0.15) is 0 Å². The van der Waals surface area contributed by atoms with Crippen molar-refractivity contribution in [2.45, 2.75) is 25.2 Å². The fourth-order valence-corrected chi connectivity index (χ4v) is 4.50. The molecule has 0 radical (unpaired) electrons.